The van der Waals surface area contributed by atoms with Gasteiger partial charge in [-0.15, -0.1) is 0 Å². The molecule has 0 N–H and O–H groups in total. The third-order valence-corrected chi connectivity index (χ3v) is 7.61. The number of anilines is 6. The van der Waals surface area contributed by atoms with E-state index in [1.54, 1.807) is 0 Å². The quantitative estimate of drug-likeness (QED) is 0.205. The van der Waals surface area contributed by atoms with Gasteiger partial charge in [-0.1, -0.05) is 109 Å². The van der Waals surface area contributed by atoms with E-state index < -0.39 is 0 Å². The average molecular weight is 515 g/mol. The first kappa shape index (κ1) is 24.0. The lowest BCUT2D eigenvalue weighted by Crippen LogP contribution is -2.36. The van der Waals surface area contributed by atoms with Crippen LogP contribution in [0.2, 0.25) is 0 Å². The van der Waals surface area contributed by atoms with Crippen LogP contribution in [-0.2, 0) is 0 Å². The van der Waals surface area contributed by atoms with Crippen molar-refractivity contribution in [3.63, 3.8) is 0 Å². The van der Waals surface area contributed by atoms with Gasteiger partial charge in [0.1, 0.15) is 0 Å². The molecule has 6 aromatic rings. The van der Waals surface area contributed by atoms with Crippen molar-refractivity contribution in [1.82, 2.24) is 0 Å². The predicted molar refractivity (Wildman–Crippen MR) is 171 cm³/mol. The summed E-state index contributed by atoms with van der Waals surface area (Å²) in [4.78, 5) is 4.85. The topological polar surface area (TPSA) is 6.48 Å². The van der Waals surface area contributed by atoms with Crippen molar-refractivity contribution < 1.29 is 0 Å². The number of rotatable bonds is 6. The van der Waals surface area contributed by atoms with Gasteiger partial charge in [-0.2, -0.15) is 0 Å². The molecule has 0 atom stereocenters. The Bertz CT molecular complexity index is 1660. The number of benzene rings is 6. The van der Waals surface area contributed by atoms with Crippen molar-refractivity contribution in [2.75, 3.05) is 9.80 Å². The Balaban J connectivity index is 1.62. The van der Waals surface area contributed by atoms with Crippen LogP contribution in [0.4, 0.5) is 34.1 Å². The maximum atomic E-state index is 2.44. The van der Waals surface area contributed by atoms with Crippen molar-refractivity contribution >= 4 is 57.0 Å². The molecule has 7 rings (SSSR count). The van der Waals surface area contributed by atoms with E-state index in [4.69, 9.17) is 0 Å². The Morgan fingerprint density at radius 2 is 0.600 bits per heavy atom. The molecule has 0 saturated heterocycles. The van der Waals surface area contributed by atoms with E-state index in [1.165, 1.54) is 32.6 Å². The minimum absolute atomic E-state index is 1.02. The summed E-state index contributed by atoms with van der Waals surface area (Å²) in [5, 5.41) is 5.02. The van der Waals surface area contributed by atoms with Crippen molar-refractivity contribution in [2.45, 2.75) is 12.8 Å². The van der Waals surface area contributed by atoms with Gasteiger partial charge in [0.05, 0.1) is 11.4 Å². The molecule has 0 aromatic heterocycles. The molecular formula is C38H30N2. The maximum absolute atomic E-state index is 2.44. The van der Waals surface area contributed by atoms with E-state index in [9.17, 15) is 0 Å². The van der Waals surface area contributed by atoms with Gasteiger partial charge >= 0.3 is 0 Å². The molecule has 192 valence electrons. The summed E-state index contributed by atoms with van der Waals surface area (Å²) in [7, 11) is 0. The van der Waals surface area contributed by atoms with Crippen LogP contribution in [-0.4, -0.2) is 0 Å². The summed E-state index contributed by atoms with van der Waals surface area (Å²) in [5.74, 6) is 0. The Morgan fingerprint density at radius 1 is 0.325 bits per heavy atom. The maximum Gasteiger partial charge on any atom is 0.0616 e. The molecule has 0 bridgehead atoms. The van der Waals surface area contributed by atoms with E-state index in [1.807, 2.05) is 0 Å². The first-order chi connectivity index (χ1) is 19.9. The molecule has 2 heteroatoms. The second-order valence-corrected chi connectivity index (χ2v) is 10.1. The van der Waals surface area contributed by atoms with Crippen LogP contribution in [0, 0.1) is 0 Å². The molecule has 0 fully saturated rings. The lowest BCUT2D eigenvalue weighted by atomic mass is 9.95. The molecular weight excluding hydrogens is 484 g/mol. The highest BCUT2D eigenvalue weighted by atomic mass is 15.2. The average Bonchev–Trinajstić information content (AvgIpc) is 3.04. The Hall–Kier alpha value is -5.08. The van der Waals surface area contributed by atoms with Gasteiger partial charge in [0.15, 0.2) is 0 Å². The fourth-order valence-corrected chi connectivity index (χ4v) is 5.91. The zero-order valence-electron chi connectivity index (χ0n) is 22.3. The monoisotopic (exact) mass is 514 g/mol. The van der Waals surface area contributed by atoms with E-state index in [2.05, 4.69) is 168 Å². The fraction of sp³-hybridized carbons (Fsp3) is 0.0526. The largest absolute Gasteiger partial charge is 0.309 e. The van der Waals surface area contributed by atoms with Crippen molar-refractivity contribution in [3.8, 4) is 0 Å². The zero-order valence-corrected chi connectivity index (χ0v) is 22.3. The number of hydrogen-bond acceptors (Lipinski definition) is 2. The summed E-state index contributed by atoms with van der Waals surface area (Å²) in [6.45, 7) is 0. The first-order valence-electron chi connectivity index (χ1n) is 14.0. The molecule has 0 saturated carbocycles. The van der Waals surface area contributed by atoms with Gasteiger partial charge < -0.3 is 9.80 Å². The van der Waals surface area contributed by atoms with Crippen LogP contribution < -0.4 is 20.2 Å². The molecule has 0 amide bonds. The molecule has 1 aliphatic rings. The van der Waals surface area contributed by atoms with Gasteiger partial charge in [-0.05, 0) is 61.4 Å². The van der Waals surface area contributed by atoms with Crippen LogP contribution in [0.3, 0.4) is 0 Å². The van der Waals surface area contributed by atoms with E-state index in [0.29, 0.717) is 0 Å². The number of nitrogens with zero attached hydrogens (tertiary/aromatic N) is 2. The Morgan fingerprint density at radius 3 is 0.900 bits per heavy atom. The van der Waals surface area contributed by atoms with Crippen LogP contribution in [0.25, 0.3) is 22.9 Å². The van der Waals surface area contributed by atoms with E-state index in [0.717, 1.165) is 35.6 Å². The van der Waals surface area contributed by atoms with Crippen molar-refractivity contribution in [1.29, 1.82) is 0 Å². The number of para-hydroxylation sites is 4. The first-order valence-corrected chi connectivity index (χ1v) is 14.0. The Kier molecular flexibility index (Phi) is 6.35. The van der Waals surface area contributed by atoms with Crippen LogP contribution >= 0.6 is 0 Å². The lowest BCUT2D eigenvalue weighted by molar-refractivity contribution is 1.11. The number of hydrogen-bond donors (Lipinski definition) is 0. The van der Waals surface area contributed by atoms with Crippen LogP contribution in [0.15, 0.2) is 146 Å². The van der Waals surface area contributed by atoms with Crippen LogP contribution in [0.1, 0.15) is 12.8 Å². The normalized spacial score (nSPS) is 12.2. The van der Waals surface area contributed by atoms with Gasteiger partial charge in [-0.25, -0.2) is 0 Å². The summed E-state index contributed by atoms with van der Waals surface area (Å²) in [6, 6.07) is 51.8. The Labute approximate surface area is 235 Å². The fourth-order valence-electron chi connectivity index (χ4n) is 5.91. The van der Waals surface area contributed by atoms with Crippen LogP contribution in [0.5, 0.6) is 0 Å². The van der Waals surface area contributed by atoms with E-state index in [-0.39, 0.29) is 0 Å². The third-order valence-electron chi connectivity index (χ3n) is 7.61. The second-order valence-electron chi connectivity index (χ2n) is 10.1. The SMILES string of the molecule is C1=c2c(N(c3ccccc3)c3ccccc3)c3ccccc3c(N(c3ccccc3)c3ccccc3)c2=CCC1. The number of fused-ring (bicyclic) bond motifs is 2. The van der Waals surface area contributed by atoms with Gasteiger partial charge in [-0.3, -0.25) is 0 Å². The summed E-state index contributed by atoms with van der Waals surface area (Å²) >= 11 is 0. The highest BCUT2D eigenvalue weighted by molar-refractivity contribution is 6.08. The standard InChI is InChI=1S/C38H30N2/c1-5-17-29(18-6-1)39(30-19-7-2-8-20-30)37-33-25-13-15-27-35(33)38(36-28-16-14-26-34(36)37)40(31-21-9-3-10-22-31)32-23-11-4-12-24-32/h1-13,15,17-28H,14,16H2. The second kappa shape index (κ2) is 10.6. The molecule has 6 aromatic carbocycles. The predicted octanol–water partition coefficient (Wildman–Crippen LogP) is 9.13. The van der Waals surface area contributed by atoms with Gasteiger partial charge in [0, 0.05) is 44.0 Å². The summed E-state index contributed by atoms with van der Waals surface area (Å²) in [5.41, 5.74) is 7.05. The van der Waals surface area contributed by atoms with Crippen molar-refractivity contribution in [3.05, 3.63) is 156 Å². The van der Waals surface area contributed by atoms with Crippen molar-refractivity contribution in [2.24, 2.45) is 0 Å². The molecule has 2 nitrogen and oxygen atoms in total. The highest BCUT2D eigenvalue weighted by Crippen LogP contribution is 2.41. The minimum atomic E-state index is 1.02. The lowest BCUT2D eigenvalue weighted by Gasteiger charge is -2.32. The van der Waals surface area contributed by atoms with E-state index >= 15 is 0 Å². The smallest absolute Gasteiger partial charge is 0.0616 e. The molecule has 1 aliphatic carbocycles. The summed E-state index contributed by atoms with van der Waals surface area (Å²) < 4.78 is 0. The highest BCUT2D eigenvalue weighted by Gasteiger charge is 2.24. The van der Waals surface area contributed by atoms with Gasteiger partial charge in [0.25, 0.3) is 0 Å². The molecule has 0 heterocycles. The minimum Gasteiger partial charge on any atom is -0.309 e. The molecule has 0 radical (unpaired) electrons. The van der Waals surface area contributed by atoms with Gasteiger partial charge in [0.2, 0.25) is 0 Å². The zero-order chi connectivity index (χ0) is 26.7. The molecule has 0 unspecified atom stereocenters. The molecule has 40 heavy (non-hydrogen) atoms. The summed E-state index contributed by atoms with van der Waals surface area (Å²) in [6.07, 6.45) is 6.92. The molecule has 0 spiro atoms. The third kappa shape index (κ3) is 4.24. The molecule has 0 aliphatic heterocycles.